The summed E-state index contributed by atoms with van der Waals surface area (Å²) >= 11 is 1.40. The maximum atomic E-state index is 14.3. The van der Waals surface area contributed by atoms with Crippen LogP contribution in [-0.4, -0.2) is 197 Å². The average molecular weight is 1410 g/mol. The predicted molar refractivity (Wildman–Crippen MR) is 366 cm³/mol. The number of ether oxygens (including phenoxy) is 5. The van der Waals surface area contributed by atoms with E-state index >= 15 is 0 Å². The minimum absolute atomic E-state index is 0.00541. The Morgan fingerprint density at radius 2 is 1.61 bits per heavy atom. The number of amides is 5. The van der Waals surface area contributed by atoms with E-state index in [1.54, 1.807) is 18.3 Å². The van der Waals surface area contributed by atoms with E-state index in [9.17, 15) is 69.0 Å². The van der Waals surface area contributed by atoms with Gasteiger partial charge in [0.15, 0.2) is 10.8 Å². The number of hydrogen-bond donors (Lipinski definition) is 8. The number of carboxylic acids is 3. The van der Waals surface area contributed by atoms with Crippen molar-refractivity contribution in [3.63, 3.8) is 0 Å². The van der Waals surface area contributed by atoms with Gasteiger partial charge in [0, 0.05) is 111 Å². The van der Waals surface area contributed by atoms with E-state index in [1.165, 1.54) is 34.4 Å². The van der Waals surface area contributed by atoms with Crippen molar-refractivity contribution in [2.75, 3.05) is 69.4 Å². The molecule has 5 heterocycles. The number of aromatic carboxylic acids is 1. The molecule has 3 aromatic heterocycles. The number of benzene rings is 3. The third-order valence-corrected chi connectivity index (χ3v) is 20.6. The first-order valence-electron chi connectivity index (χ1n) is 33.9. The number of pyridine rings is 1. The molecule has 0 radical (unpaired) electrons. The van der Waals surface area contributed by atoms with E-state index in [4.69, 9.17) is 33.8 Å². The van der Waals surface area contributed by atoms with Crippen molar-refractivity contribution >= 4 is 80.1 Å². The number of carboxylic acid groups (broad SMARTS) is 3. The quantitative estimate of drug-likeness (QED) is 0.0166. The molecule has 3 fully saturated rings. The van der Waals surface area contributed by atoms with Crippen molar-refractivity contribution in [2.45, 2.75) is 142 Å². The Kier molecular flexibility index (Phi) is 22.5. The molecule has 2 bridgehead atoms. The highest BCUT2D eigenvalue weighted by molar-refractivity contribution is 7.22. The third-order valence-electron chi connectivity index (χ3n) is 19.6. The first kappa shape index (κ1) is 72.8. The summed E-state index contributed by atoms with van der Waals surface area (Å²) in [5.74, 6) is -5.82. The van der Waals surface area contributed by atoms with Crippen molar-refractivity contribution in [1.82, 2.24) is 34.9 Å². The highest BCUT2D eigenvalue weighted by Gasteiger charge is 2.56. The second kappa shape index (κ2) is 31.2. The van der Waals surface area contributed by atoms with Crippen molar-refractivity contribution in [1.29, 1.82) is 0 Å². The fraction of sp³-hybridized carbons (Fsp3) is 0.486. The van der Waals surface area contributed by atoms with Crippen LogP contribution < -0.4 is 25.0 Å². The number of nitrogens with one attached hydrogen (secondary N) is 2. The van der Waals surface area contributed by atoms with E-state index in [2.05, 4.69) is 36.4 Å². The molecule has 11 rings (SSSR count). The zero-order chi connectivity index (χ0) is 71.9. The molecule has 0 spiro atoms. The number of aliphatic hydroxyl groups excluding tert-OH is 3. The number of nitrogens with zero attached hydrogens (tertiary/aromatic N) is 7. The van der Waals surface area contributed by atoms with Gasteiger partial charge in [0.1, 0.15) is 48.8 Å². The Hall–Kier alpha value is -9.39. The standard InChI is InChI=1S/C72H85N9O19S/c1-42-33-70(3)38-71(4,41-81-43(2)50(35-74-81)47-16-17-56(76-61(47)67(93)94)79-24-20-44-9-7-10-48(51(44)36-79)65(90)77-68-75-52-11-5-6-12-55(52)101-68)40-72(34-42,39-70)99-28-26-78(23-8-13-60(85)86)69(95)98-37-45-14-15-46(100-54-32-49(66(91)92)62(87)64(89)63(54)88)31-53(45)97-30-29-96-27-22-73-57(82)21-25-80-58(83)18-19-59(80)84/h5-7,9-12,14-19,31,35,42,49,54,62-64,87-89H,8,13,20-30,32-34,36-41H2,1-4H3,(H,73,82)(H,85,86)(H,91,92)(H,93,94)(H,75,77,90)/t42?,49-,54+,62+,63-,64-,70?,71?,72?/m0/s1. The summed E-state index contributed by atoms with van der Waals surface area (Å²) in [6.45, 7) is 9.78. The van der Waals surface area contributed by atoms with Gasteiger partial charge in [0.25, 0.3) is 17.7 Å². The fourth-order valence-corrected chi connectivity index (χ4v) is 16.5. The van der Waals surface area contributed by atoms with Gasteiger partial charge in [-0.1, -0.05) is 56.4 Å². The molecule has 538 valence electrons. The predicted octanol–water partition coefficient (Wildman–Crippen LogP) is 7.02. The lowest BCUT2D eigenvalue weighted by atomic mass is 9.51. The minimum Gasteiger partial charge on any atom is -0.491 e. The third kappa shape index (κ3) is 17.3. The van der Waals surface area contributed by atoms with Crippen LogP contribution in [0.3, 0.4) is 0 Å². The number of imide groups is 1. The van der Waals surface area contributed by atoms with Gasteiger partial charge in [-0.15, -0.1) is 0 Å². The number of hydrogen-bond acceptors (Lipinski definition) is 21. The van der Waals surface area contributed by atoms with Crippen LogP contribution in [0.25, 0.3) is 21.3 Å². The van der Waals surface area contributed by atoms with Gasteiger partial charge in [-0.25, -0.2) is 19.6 Å². The number of carbonyl (C=O) groups is 8. The number of rotatable bonds is 30. The maximum absolute atomic E-state index is 14.3. The van der Waals surface area contributed by atoms with Crippen LogP contribution in [0.2, 0.25) is 0 Å². The summed E-state index contributed by atoms with van der Waals surface area (Å²) in [7, 11) is 0. The van der Waals surface area contributed by atoms with Gasteiger partial charge < -0.3 is 69.4 Å². The van der Waals surface area contributed by atoms with Crippen molar-refractivity contribution < 1.29 is 92.7 Å². The second-order valence-electron chi connectivity index (χ2n) is 27.8. The molecule has 4 unspecified atom stereocenters. The van der Waals surface area contributed by atoms with Crippen molar-refractivity contribution in [3.05, 3.63) is 125 Å². The fourth-order valence-electron chi connectivity index (χ4n) is 15.6. The number of para-hydroxylation sites is 1. The van der Waals surface area contributed by atoms with E-state index in [0.29, 0.717) is 71.6 Å². The molecule has 5 amide bonds. The normalized spacial score (nSPS) is 23.9. The monoisotopic (exact) mass is 1410 g/mol. The molecule has 6 aromatic rings. The van der Waals surface area contributed by atoms with Crippen LogP contribution in [0, 0.1) is 29.6 Å². The highest BCUT2D eigenvalue weighted by Crippen LogP contribution is 2.60. The number of aliphatic hydroxyl groups is 3. The Morgan fingerprint density at radius 1 is 0.822 bits per heavy atom. The molecule has 8 N–H and O–H groups in total. The number of aromatic nitrogens is 4. The molecule has 3 aliphatic carbocycles. The second-order valence-corrected chi connectivity index (χ2v) is 28.8. The van der Waals surface area contributed by atoms with Gasteiger partial charge in [-0.3, -0.25) is 43.7 Å². The van der Waals surface area contributed by atoms with Gasteiger partial charge >= 0.3 is 24.0 Å². The number of aliphatic carboxylic acids is 2. The molecule has 3 aromatic carbocycles. The van der Waals surface area contributed by atoms with Crippen LogP contribution in [0.4, 0.5) is 15.7 Å². The number of fused-ring (bicyclic) bond motifs is 4. The molecular formula is C72H85N9O19S. The highest BCUT2D eigenvalue weighted by atomic mass is 32.1. The summed E-state index contributed by atoms with van der Waals surface area (Å²) in [5, 5.41) is 72.9. The number of anilines is 2. The lowest BCUT2D eigenvalue weighted by Gasteiger charge is -2.58. The number of thiazole rings is 1. The largest absolute Gasteiger partial charge is 0.491 e. The van der Waals surface area contributed by atoms with E-state index < -0.39 is 77.7 Å². The van der Waals surface area contributed by atoms with Crippen molar-refractivity contribution in [2.24, 2.45) is 22.7 Å². The van der Waals surface area contributed by atoms with Crippen LogP contribution in [-0.2, 0) is 64.3 Å². The topological polar surface area (TPSA) is 381 Å². The summed E-state index contributed by atoms with van der Waals surface area (Å²) in [6.07, 6.45) is 0.641. The van der Waals surface area contributed by atoms with Crippen LogP contribution in [0.5, 0.6) is 11.5 Å². The summed E-state index contributed by atoms with van der Waals surface area (Å²) in [6, 6.07) is 21.3. The molecule has 101 heavy (non-hydrogen) atoms. The van der Waals surface area contributed by atoms with Gasteiger partial charge in [-0.05, 0) is 122 Å². The molecule has 28 nitrogen and oxygen atoms in total. The van der Waals surface area contributed by atoms with E-state index in [0.717, 1.165) is 69.8 Å². The zero-order valence-corrected chi connectivity index (χ0v) is 57.5. The Balaban J connectivity index is 0.737. The SMILES string of the molecule is Cc1c(-c2ccc(N3CCc4cccc(C(=O)Nc5nc6ccccc6s5)c4C3)nc2C(=O)O)cnn1CC1(C)CC2(C)CC(C)CC(OCCN(CCCC(=O)O)C(=O)OCc3ccc(O[C@@H]4C[C@H](C(=O)O)[C@@H](O)[C@H](O)[C@H]4O)cc3OCCOCCNC(=O)CCN3C(=O)C=CC3=O)(C2)C1. The molecule has 3 saturated carbocycles. The first-order chi connectivity index (χ1) is 48.3. The van der Waals surface area contributed by atoms with Gasteiger partial charge in [0.05, 0.1) is 53.9 Å². The van der Waals surface area contributed by atoms with E-state index in [1.807, 2.05) is 59.0 Å². The molecule has 2 aliphatic heterocycles. The van der Waals surface area contributed by atoms with Crippen LogP contribution in [0.1, 0.15) is 122 Å². The summed E-state index contributed by atoms with van der Waals surface area (Å²) < 4.78 is 33.7. The Morgan fingerprint density at radius 3 is 2.38 bits per heavy atom. The Bertz CT molecular complexity index is 4090. The van der Waals surface area contributed by atoms with Crippen LogP contribution in [0.15, 0.2) is 91.1 Å². The smallest absolute Gasteiger partial charge is 0.410 e. The molecule has 5 aliphatic rings. The van der Waals surface area contributed by atoms with Crippen molar-refractivity contribution in [3.8, 4) is 22.6 Å². The summed E-state index contributed by atoms with van der Waals surface area (Å²) in [4.78, 5) is 115. The minimum atomic E-state index is -1.83. The average Bonchev–Trinajstić information content (AvgIpc) is 1.16. The zero-order valence-electron chi connectivity index (χ0n) is 56.7. The molecule has 0 saturated heterocycles. The Labute approximate surface area is 586 Å². The first-order valence-corrected chi connectivity index (χ1v) is 34.7. The molecule has 9 atom stereocenters. The lowest BCUT2D eigenvalue weighted by Crippen LogP contribution is -2.57. The number of carbonyl (C=O) groups excluding carboxylic acids is 5. The molecular weight excluding hydrogens is 1330 g/mol. The summed E-state index contributed by atoms with van der Waals surface area (Å²) in [5.41, 5.74) is 4.00. The van der Waals surface area contributed by atoms with E-state index in [-0.39, 0.29) is 119 Å². The molecule has 29 heteroatoms. The van der Waals surface area contributed by atoms with Crippen LogP contribution >= 0.6 is 11.3 Å². The lowest BCUT2D eigenvalue weighted by molar-refractivity contribution is -0.179. The van der Waals surface area contributed by atoms with Gasteiger partial charge in [0.2, 0.25) is 5.91 Å². The maximum Gasteiger partial charge on any atom is 0.410 e. The van der Waals surface area contributed by atoms with Gasteiger partial charge in [-0.2, -0.15) is 5.10 Å².